The molecule has 3 nitrogen and oxygen atoms in total. The van der Waals surface area contributed by atoms with Crippen LogP contribution in [0, 0.1) is 0 Å². The van der Waals surface area contributed by atoms with Gasteiger partial charge in [0.15, 0.2) is 0 Å². The van der Waals surface area contributed by atoms with Gasteiger partial charge < -0.3 is 9.68 Å². The molecule has 5 aromatic rings. The SMILES string of the molecule is O[B]Oc1cccc(-c2cccc(-c3cc(-c4ccccc4)cc(-c4ccccc4)n3)c2)c1. The van der Waals surface area contributed by atoms with Crippen LogP contribution in [0.25, 0.3) is 44.8 Å². The van der Waals surface area contributed by atoms with Gasteiger partial charge in [-0.05, 0) is 52.6 Å². The van der Waals surface area contributed by atoms with E-state index in [1.165, 1.54) is 0 Å². The molecule has 4 heteroatoms. The molecule has 0 atom stereocenters. The highest BCUT2D eigenvalue weighted by Gasteiger charge is 2.10. The molecule has 1 radical (unpaired) electrons. The number of rotatable bonds is 6. The lowest BCUT2D eigenvalue weighted by Crippen LogP contribution is -1.99. The molecule has 0 aliphatic rings. The Hall–Kier alpha value is -4.15. The molecule has 4 aromatic carbocycles. The van der Waals surface area contributed by atoms with Gasteiger partial charge in [-0.3, -0.25) is 0 Å². The fraction of sp³-hybridized carbons (Fsp3) is 0. The van der Waals surface area contributed by atoms with Crippen LogP contribution in [0.1, 0.15) is 0 Å². The molecule has 0 unspecified atom stereocenters. The minimum absolute atomic E-state index is 0.580. The van der Waals surface area contributed by atoms with Crippen molar-refractivity contribution < 1.29 is 9.68 Å². The Balaban J connectivity index is 1.62. The summed E-state index contributed by atoms with van der Waals surface area (Å²) in [5.74, 6) is 0.580. The number of aromatic nitrogens is 1. The third-order valence-electron chi connectivity index (χ3n) is 5.52. The first-order chi connectivity index (χ1) is 16.3. The van der Waals surface area contributed by atoms with Gasteiger partial charge in [0.25, 0.3) is 0 Å². The lowest BCUT2D eigenvalue weighted by molar-refractivity contribution is 0.454. The lowest BCUT2D eigenvalue weighted by atomic mass is 9.98. The maximum atomic E-state index is 8.96. The first-order valence-corrected chi connectivity index (χ1v) is 10.8. The summed E-state index contributed by atoms with van der Waals surface area (Å²) in [6.07, 6.45) is 0. The summed E-state index contributed by atoms with van der Waals surface area (Å²) in [4.78, 5) is 5.02. The normalized spacial score (nSPS) is 10.6. The van der Waals surface area contributed by atoms with E-state index in [2.05, 4.69) is 66.7 Å². The van der Waals surface area contributed by atoms with E-state index in [1.54, 1.807) is 6.07 Å². The van der Waals surface area contributed by atoms with Crippen LogP contribution < -0.4 is 4.65 Å². The summed E-state index contributed by atoms with van der Waals surface area (Å²) in [6.45, 7) is 0. The van der Waals surface area contributed by atoms with Gasteiger partial charge in [-0.25, -0.2) is 4.98 Å². The molecule has 5 rings (SSSR count). The van der Waals surface area contributed by atoms with E-state index in [1.807, 2.05) is 48.5 Å². The minimum Gasteiger partial charge on any atom is -0.537 e. The van der Waals surface area contributed by atoms with Crippen LogP contribution in [0.15, 0.2) is 121 Å². The van der Waals surface area contributed by atoms with Gasteiger partial charge >= 0.3 is 7.69 Å². The Bertz CT molecular complexity index is 1310. The van der Waals surface area contributed by atoms with E-state index in [9.17, 15) is 0 Å². The van der Waals surface area contributed by atoms with Crippen molar-refractivity contribution >= 4 is 7.69 Å². The average Bonchev–Trinajstić information content (AvgIpc) is 2.90. The van der Waals surface area contributed by atoms with Crippen LogP contribution in [0.4, 0.5) is 0 Å². The highest BCUT2D eigenvalue weighted by molar-refractivity contribution is 6.17. The fourth-order valence-corrected chi connectivity index (χ4v) is 3.90. The molecule has 1 heterocycles. The Kier molecular flexibility index (Phi) is 6.00. The number of hydrogen-bond acceptors (Lipinski definition) is 3. The molecule has 0 saturated carbocycles. The summed E-state index contributed by atoms with van der Waals surface area (Å²) in [7, 11) is 0.694. The van der Waals surface area contributed by atoms with E-state index in [4.69, 9.17) is 14.7 Å². The standard InChI is InChI=1S/C29H21BNO2/c32-30-33-27-16-8-14-24(18-27)23-13-7-15-25(17-23)29-20-26(21-9-3-1-4-10-21)19-28(31-29)22-11-5-2-6-12-22/h1-20,32H. The Labute approximate surface area is 194 Å². The van der Waals surface area contributed by atoms with Gasteiger partial charge in [0.05, 0.1) is 11.4 Å². The van der Waals surface area contributed by atoms with Crippen molar-refractivity contribution in [2.45, 2.75) is 0 Å². The van der Waals surface area contributed by atoms with Crippen molar-refractivity contribution in [1.82, 2.24) is 4.98 Å². The highest BCUT2D eigenvalue weighted by atomic mass is 16.5. The summed E-state index contributed by atoms with van der Waals surface area (Å²) < 4.78 is 5.13. The topological polar surface area (TPSA) is 42.4 Å². The minimum atomic E-state index is 0.580. The molecule has 1 N–H and O–H groups in total. The van der Waals surface area contributed by atoms with Crippen molar-refractivity contribution in [3.8, 4) is 50.5 Å². The quantitative estimate of drug-likeness (QED) is 0.309. The van der Waals surface area contributed by atoms with E-state index in [0.29, 0.717) is 13.4 Å². The molecule has 33 heavy (non-hydrogen) atoms. The van der Waals surface area contributed by atoms with Crippen LogP contribution in [0.5, 0.6) is 5.75 Å². The van der Waals surface area contributed by atoms with Gasteiger partial charge in [0, 0.05) is 11.1 Å². The monoisotopic (exact) mass is 426 g/mol. The van der Waals surface area contributed by atoms with Crippen molar-refractivity contribution in [2.24, 2.45) is 0 Å². The van der Waals surface area contributed by atoms with Crippen molar-refractivity contribution in [3.63, 3.8) is 0 Å². The number of hydrogen-bond donors (Lipinski definition) is 1. The Morgan fingerprint density at radius 1 is 0.485 bits per heavy atom. The van der Waals surface area contributed by atoms with Crippen LogP contribution in [-0.4, -0.2) is 17.7 Å². The molecule has 1 aromatic heterocycles. The zero-order chi connectivity index (χ0) is 22.5. The van der Waals surface area contributed by atoms with Crippen molar-refractivity contribution in [1.29, 1.82) is 0 Å². The van der Waals surface area contributed by atoms with Crippen LogP contribution >= 0.6 is 0 Å². The maximum Gasteiger partial charge on any atom is 0.569 e. The van der Waals surface area contributed by atoms with Crippen molar-refractivity contribution in [3.05, 3.63) is 121 Å². The summed E-state index contributed by atoms with van der Waals surface area (Å²) >= 11 is 0. The van der Waals surface area contributed by atoms with E-state index in [0.717, 1.165) is 44.8 Å². The third-order valence-corrected chi connectivity index (χ3v) is 5.52. The van der Waals surface area contributed by atoms with E-state index < -0.39 is 0 Å². The van der Waals surface area contributed by atoms with Crippen molar-refractivity contribution in [2.75, 3.05) is 0 Å². The number of nitrogens with zero attached hydrogens (tertiary/aromatic N) is 1. The average molecular weight is 426 g/mol. The largest absolute Gasteiger partial charge is 0.569 e. The van der Waals surface area contributed by atoms with Gasteiger partial charge in [-0.2, -0.15) is 0 Å². The highest BCUT2D eigenvalue weighted by Crippen LogP contribution is 2.32. The first-order valence-electron chi connectivity index (χ1n) is 10.8. The second-order valence-corrected chi connectivity index (χ2v) is 7.69. The van der Waals surface area contributed by atoms with E-state index >= 15 is 0 Å². The summed E-state index contributed by atoms with van der Waals surface area (Å²) in [6, 6.07) is 40.8. The molecule has 157 valence electrons. The van der Waals surface area contributed by atoms with Gasteiger partial charge in [0.2, 0.25) is 0 Å². The zero-order valence-corrected chi connectivity index (χ0v) is 17.9. The van der Waals surface area contributed by atoms with Gasteiger partial charge in [-0.15, -0.1) is 0 Å². The molecule has 0 spiro atoms. The second kappa shape index (κ2) is 9.55. The van der Waals surface area contributed by atoms with Gasteiger partial charge in [-0.1, -0.05) is 91.0 Å². The maximum absolute atomic E-state index is 8.96. The summed E-state index contributed by atoms with van der Waals surface area (Å²) in [5, 5.41) is 8.96. The molecule has 0 saturated heterocycles. The molecule has 0 aliphatic heterocycles. The fourth-order valence-electron chi connectivity index (χ4n) is 3.90. The Morgan fingerprint density at radius 2 is 1.03 bits per heavy atom. The van der Waals surface area contributed by atoms with Crippen LogP contribution in [-0.2, 0) is 0 Å². The molecular formula is C29H21BNO2. The molecule has 0 aliphatic carbocycles. The Morgan fingerprint density at radius 3 is 1.73 bits per heavy atom. The third kappa shape index (κ3) is 4.71. The predicted molar refractivity (Wildman–Crippen MR) is 135 cm³/mol. The molecular weight excluding hydrogens is 405 g/mol. The van der Waals surface area contributed by atoms with Crippen LogP contribution in [0.3, 0.4) is 0 Å². The molecule has 0 amide bonds. The van der Waals surface area contributed by atoms with Gasteiger partial charge in [0.1, 0.15) is 5.75 Å². The van der Waals surface area contributed by atoms with Crippen LogP contribution in [0.2, 0.25) is 0 Å². The smallest absolute Gasteiger partial charge is 0.537 e. The molecule has 0 fully saturated rings. The number of pyridine rings is 1. The predicted octanol–water partition coefficient (Wildman–Crippen LogP) is 6.65. The number of benzene rings is 4. The zero-order valence-electron chi connectivity index (χ0n) is 17.9. The second-order valence-electron chi connectivity index (χ2n) is 7.69. The van der Waals surface area contributed by atoms with E-state index in [-0.39, 0.29) is 0 Å². The first kappa shape index (κ1) is 20.7. The lowest BCUT2D eigenvalue weighted by Gasteiger charge is -2.12. The summed E-state index contributed by atoms with van der Waals surface area (Å²) in [5.41, 5.74) is 8.28. The molecule has 0 bridgehead atoms.